The maximum atomic E-state index is 11.2. The fourth-order valence-corrected chi connectivity index (χ4v) is 1.46. The molecule has 6 nitrogen and oxygen atoms in total. The summed E-state index contributed by atoms with van der Waals surface area (Å²) in [6, 6.07) is 2.96. The highest BCUT2D eigenvalue weighted by molar-refractivity contribution is 5.98. The Bertz CT molecular complexity index is 504. The van der Waals surface area contributed by atoms with Crippen LogP contribution >= 0.6 is 0 Å². The van der Waals surface area contributed by atoms with Crippen LogP contribution < -0.4 is 9.47 Å². The number of methoxy groups -OCH3 is 2. The van der Waals surface area contributed by atoms with E-state index in [-0.39, 0.29) is 22.6 Å². The molecule has 1 aromatic carbocycles. The smallest absolute Gasteiger partial charge is 0.340 e. The Balaban J connectivity index is 3.44. The Labute approximate surface area is 103 Å². The van der Waals surface area contributed by atoms with E-state index >= 15 is 0 Å². The minimum Gasteiger partial charge on any atom is -0.493 e. The molecule has 0 saturated heterocycles. The lowest BCUT2D eigenvalue weighted by Crippen LogP contribution is -2.05. The summed E-state index contributed by atoms with van der Waals surface area (Å²) >= 11 is 0. The van der Waals surface area contributed by atoms with Crippen LogP contribution in [0.3, 0.4) is 0 Å². The number of carbonyl (C=O) groups is 2. The molecule has 0 fully saturated rings. The van der Waals surface area contributed by atoms with Crippen LogP contribution in [0.25, 0.3) is 6.08 Å². The van der Waals surface area contributed by atoms with Gasteiger partial charge in [0, 0.05) is 6.08 Å². The van der Waals surface area contributed by atoms with Gasteiger partial charge in [-0.1, -0.05) is 6.07 Å². The normalized spacial score (nSPS) is 10.3. The van der Waals surface area contributed by atoms with Crippen LogP contribution in [-0.2, 0) is 4.79 Å². The van der Waals surface area contributed by atoms with Crippen molar-refractivity contribution < 1.29 is 29.3 Å². The topological polar surface area (TPSA) is 93.1 Å². The molecule has 0 unspecified atom stereocenters. The molecule has 0 aliphatic heterocycles. The highest BCUT2D eigenvalue weighted by Gasteiger charge is 2.19. The van der Waals surface area contributed by atoms with E-state index in [1.165, 1.54) is 32.4 Å². The lowest BCUT2D eigenvalue weighted by atomic mass is 10.0. The molecule has 0 aromatic heterocycles. The van der Waals surface area contributed by atoms with E-state index in [2.05, 4.69) is 0 Å². The molecule has 96 valence electrons. The molecule has 1 aromatic rings. The maximum absolute atomic E-state index is 11.2. The van der Waals surface area contributed by atoms with Gasteiger partial charge in [0.2, 0.25) is 0 Å². The summed E-state index contributed by atoms with van der Waals surface area (Å²) in [7, 11) is 2.70. The number of rotatable bonds is 5. The van der Waals surface area contributed by atoms with Gasteiger partial charge in [-0.25, -0.2) is 9.59 Å². The average Bonchev–Trinajstić information content (AvgIpc) is 2.34. The Morgan fingerprint density at radius 1 is 1.17 bits per heavy atom. The molecular weight excluding hydrogens is 240 g/mol. The summed E-state index contributed by atoms with van der Waals surface area (Å²) in [5.41, 5.74) is 0.0805. The van der Waals surface area contributed by atoms with E-state index in [9.17, 15) is 9.59 Å². The molecule has 1 rings (SSSR count). The van der Waals surface area contributed by atoms with E-state index in [0.29, 0.717) is 0 Å². The van der Waals surface area contributed by atoms with Crippen molar-refractivity contribution in [2.75, 3.05) is 14.2 Å². The monoisotopic (exact) mass is 252 g/mol. The number of aromatic carboxylic acids is 1. The molecule has 0 amide bonds. The van der Waals surface area contributed by atoms with Gasteiger partial charge in [-0.05, 0) is 17.7 Å². The van der Waals surface area contributed by atoms with Gasteiger partial charge in [-0.2, -0.15) is 0 Å². The van der Waals surface area contributed by atoms with Crippen LogP contribution in [0.1, 0.15) is 15.9 Å². The van der Waals surface area contributed by atoms with Gasteiger partial charge in [0.25, 0.3) is 0 Å². The second-order valence-electron chi connectivity index (χ2n) is 3.24. The summed E-state index contributed by atoms with van der Waals surface area (Å²) in [4.78, 5) is 21.6. The second-order valence-corrected chi connectivity index (χ2v) is 3.24. The fraction of sp³-hybridized carbons (Fsp3) is 0.167. The van der Waals surface area contributed by atoms with Crippen molar-refractivity contribution in [3.63, 3.8) is 0 Å². The third kappa shape index (κ3) is 2.79. The molecule has 0 aliphatic carbocycles. The zero-order valence-corrected chi connectivity index (χ0v) is 9.84. The lowest BCUT2D eigenvalue weighted by Gasteiger charge is -2.12. The van der Waals surface area contributed by atoms with Crippen LogP contribution in [0.5, 0.6) is 11.5 Å². The van der Waals surface area contributed by atoms with E-state index in [1.54, 1.807) is 0 Å². The molecule has 6 heteroatoms. The Morgan fingerprint density at radius 2 is 1.83 bits per heavy atom. The predicted molar refractivity (Wildman–Crippen MR) is 63.2 cm³/mol. The van der Waals surface area contributed by atoms with E-state index in [1.807, 2.05) is 0 Å². The van der Waals surface area contributed by atoms with Crippen LogP contribution in [0.2, 0.25) is 0 Å². The van der Waals surface area contributed by atoms with Gasteiger partial charge in [0.15, 0.2) is 11.5 Å². The number of hydrogen-bond acceptors (Lipinski definition) is 4. The van der Waals surface area contributed by atoms with E-state index < -0.39 is 11.9 Å². The summed E-state index contributed by atoms with van der Waals surface area (Å²) in [6.45, 7) is 0. The number of ether oxygens (including phenoxy) is 2. The Kier molecular flexibility index (Phi) is 4.31. The zero-order valence-electron chi connectivity index (χ0n) is 9.84. The minimum atomic E-state index is -1.23. The van der Waals surface area contributed by atoms with Crippen molar-refractivity contribution in [2.24, 2.45) is 0 Å². The van der Waals surface area contributed by atoms with Crippen molar-refractivity contribution in [3.8, 4) is 11.5 Å². The quantitative estimate of drug-likeness (QED) is 0.771. The van der Waals surface area contributed by atoms with Gasteiger partial charge in [-0.3, -0.25) is 0 Å². The van der Waals surface area contributed by atoms with Crippen LogP contribution in [0.15, 0.2) is 18.2 Å². The van der Waals surface area contributed by atoms with Gasteiger partial charge >= 0.3 is 11.9 Å². The number of carboxylic acid groups (broad SMARTS) is 2. The molecular formula is C12H12O6. The first kappa shape index (κ1) is 13.6. The minimum absolute atomic E-state index is 0.0533. The van der Waals surface area contributed by atoms with Gasteiger partial charge in [0.1, 0.15) is 5.56 Å². The summed E-state index contributed by atoms with van der Waals surface area (Å²) in [5.74, 6) is -2.07. The molecule has 0 saturated carbocycles. The SMILES string of the molecule is COc1ccc(C=CC(=O)O)c(C(=O)O)c1OC. The molecule has 0 radical (unpaired) electrons. The highest BCUT2D eigenvalue weighted by atomic mass is 16.5. The Hall–Kier alpha value is -2.50. The van der Waals surface area contributed by atoms with Crippen LogP contribution in [0.4, 0.5) is 0 Å². The van der Waals surface area contributed by atoms with Crippen molar-refractivity contribution in [2.45, 2.75) is 0 Å². The summed E-state index contributed by atoms with van der Waals surface area (Å²) in [5, 5.41) is 17.7. The summed E-state index contributed by atoms with van der Waals surface area (Å²) in [6.07, 6.45) is 2.04. The average molecular weight is 252 g/mol. The van der Waals surface area contributed by atoms with Crippen molar-refractivity contribution in [1.82, 2.24) is 0 Å². The largest absolute Gasteiger partial charge is 0.493 e. The predicted octanol–water partition coefficient (Wildman–Crippen LogP) is 1.50. The second kappa shape index (κ2) is 5.72. The third-order valence-electron chi connectivity index (χ3n) is 2.20. The fourth-order valence-electron chi connectivity index (χ4n) is 1.46. The maximum Gasteiger partial charge on any atom is 0.340 e. The molecule has 0 heterocycles. The lowest BCUT2D eigenvalue weighted by molar-refractivity contribution is -0.131. The van der Waals surface area contributed by atoms with E-state index in [4.69, 9.17) is 19.7 Å². The zero-order chi connectivity index (χ0) is 13.7. The summed E-state index contributed by atoms with van der Waals surface area (Å²) < 4.78 is 9.97. The Morgan fingerprint density at radius 3 is 2.28 bits per heavy atom. The van der Waals surface area contributed by atoms with Crippen LogP contribution in [-0.4, -0.2) is 36.4 Å². The number of carboxylic acids is 2. The van der Waals surface area contributed by atoms with Crippen molar-refractivity contribution in [3.05, 3.63) is 29.3 Å². The first-order valence-electron chi connectivity index (χ1n) is 4.90. The first-order valence-corrected chi connectivity index (χ1v) is 4.90. The van der Waals surface area contributed by atoms with E-state index in [0.717, 1.165) is 6.08 Å². The van der Waals surface area contributed by atoms with Crippen molar-refractivity contribution in [1.29, 1.82) is 0 Å². The van der Waals surface area contributed by atoms with Crippen molar-refractivity contribution >= 4 is 18.0 Å². The highest BCUT2D eigenvalue weighted by Crippen LogP contribution is 2.34. The van der Waals surface area contributed by atoms with Gasteiger partial charge in [0.05, 0.1) is 14.2 Å². The molecule has 0 aliphatic rings. The standard InChI is InChI=1S/C12H12O6/c1-17-8-5-3-7(4-6-9(13)14)10(12(15)16)11(8)18-2/h3-6H,1-2H3,(H,13,14)(H,15,16). The molecule has 0 atom stereocenters. The van der Waals surface area contributed by atoms with Gasteiger partial charge < -0.3 is 19.7 Å². The molecule has 18 heavy (non-hydrogen) atoms. The first-order chi connectivity index (χ1) is 8.51. The molecule has 0 spiro atoms. The number of hydrogen-bond donors (Lipinski definition) is 2. The number of benzene rings is 1. The molecule has 0 bridgehead atoms. The number of aliphatic carboxylic acids is 1. The van der Waals surface area contributed by atoms with Crippen LogP contribution in [0, 0.1) is 0 Å². The molecule has 2 N–H and O–H groups in total. The van der Waals surface area contributed by atoms with Gasteiger partial charge in [-0.15, -0.1) is 0 Å². The third-order valence-corrected chi connectivity index (χ3v) is 2.20.